The molecule has 1 N–H and O–H groups in total. The van der Waals surface area contributed by atoms with Gasteiger partial charge in [0.25, 0.3) is 5.69 Å². The van der Waals surface area contributed by atoms with Gasteiger partial charge in [-0.3, -0.25) is 14.9 Å². The molecule has 0 aliphatic heterocycles. The number of hydrazone groups is 1. The fourth-order valence-electron chi connectivity index (χ4n) is 3.00. The van der Waals surface area contributed by atoms with Crippen LogP contribution in [0.25, 0.3) is 0 Å². The van der Waals surface area contributed by atoms with Crippen LogP contribution in [0.2, 0.25) is 0 Å². The van der Waals surface area contributed by atoms with Gasteiger partial charge >= 0.3 is 0 Å². The summed E-state index contributed by atoms with van der Waals surface area (Å²) in [5.74, 6) is 0.630. The SMILES string of the molecule is CCOc1cc(/C=N/NC(=O)Cc2ccccc2[N+](=O)[O-])c(Br)cc1OCc1ccc(Br)cc1. The Morgan fingerprint density at radius 2 is 1.79 bits per heavy atom. The van der Waals surface area contributed by atoms with Crippen LogP contribution in [0.15, 0.2) is 74.7 Å². The van der Waals surface area contributed by atoms with E-state index in [0.717, 1.165) is 10.0 Å². The standard InChI is InChI=1S/C24H21Br2N3O5/c1-2-33-22-11-18(20(26)13-23(22)34-15-16-7-9-19(25)10-8-16)14-27-28-24(30)12-17-5-3-4-6-21(17)29(31)32/h3-11,13-14H,2,12,15H2,1H3,(H,28,30)/b27-14+. The van der Waals surface area contributed by atoms with Crippen LogP contribution in [0.1, 0.15) is 23.6 Å². The average molecular weight is 591 g/mol. The van der Waals surface area contributed by atoms with Crippen molar-refractivity contribution in [2.24, 2.45) is 5.10 Å². The number of rotatable bonds is 10. The molecule has 0 spiro atoms. The second-order valence-corrected chi connectivity index (χ2v) is 8.79. The number of nitrogens with one attached hydrogen (secondary N) is 1. The molecule has 0 unspecified atom stereocenters. The van der Waals surface area contributed by atoms with Gasteiger partial charge in [0.1, 0.15) is 6.61 Å². The van der Waals surface area contributed by atoms with Crippen LogP contribution in [-0.2, 0) is 17.8 Å². The van der Waals surface area contributed by atoms with Crippen molar-refractivity contribution in [3.63, 3.8) is 0 Å². The van der Waals surface area contributed by atoms with E-state index in [1.165, 1.54) is 12.3 Å². The Morgan fingerprint density at radius 1 is 1.09 bits per heavy atom. The molecule has 0 atom stereocenters. The third kappa shape index (κ3) is 7.13. The van der Waals surface area contributed by atoms with E-state index in [1.54, 1.807) is 30.3 Å². The van der Waals surface area contributed by atoms with E-state index in [0.29, 0.717) is 40.3 Å². The van der Waals surface area contributed by atoms with Crippen molar-refractivity contribution in [2.45, 2.75) is 20.0 Å². The molecule has 3 aromatic rings. The molecule has 8 nitrogen and oxygen atoms in total. The number of hydrogen-bond donors (Lipinski definition) is 1. The summed E-state index contributed by atoms with van der Waals surface area (Å²) in [6.07, 6.45) is 1.30. The Hall–Kier alpha value is -3.24. The Bertz CT molecular complexity index is 1200. The van der Waals surface area contributed by atoms with Gasteiger partial charge in [-0.15, -0.1) is 0 Å². The summed E-state index contributed by atoms with van der Waals surface area (Å²) < 4.78 is 13.4. The molecule has 0 radical (unpaired) electrons. The van der Waals surface area contributed by atoms with Gasteiger partial charge in [0.15, 0.2) is 11.5 Å². The molecule has 1 amide bonds. The molecule has 0 aliphatic carbocycles. The van der Waals surface area contributed by atoms with Crippen molar-refractivity contribution in [3.05, 3.63) is 96.4 Å². The Morgan fingerprint density at radius 3 is 2.50 bits per heavy atom. The molecular weight excluding hydrogens is 570 g/mol. The first-order valence-electron chi connectivity index (χ1n) is 10.2. The number of amides is 1. The lowest BCUT2D eigenvalue weighted by atomic mass is 10.1. The number of para-hydroxylation sites is 1. The molecule has 3 rings (SSSR count). The van der Waals surface area contributed by atoms with Gasteiger partial charge in [-0.1, -0.05) is 46.3 Å². The summed E-state index contributed by atoms with van der Waals surface area (Å²) in [5, 5.41) is 15.1. The van der Waals surface area contributed by atoms with E-state index in [-0.39, 0.29) is 12.1 Å². The molecule has 0 aliphatic rings. The van der Waals surface area contributed by atoms with Gasteiger partial charge in [0.2, 0.25) is 5.91 Å². The zero-order valence-corrected chi connectivity index (χ0v) is 21.3. The van der Waals surface area contributed by atoms with Crippen molar-refractivity contribution >= 4 is 49.7 Å². The van der Waals surface area contributed by atoms with Crippen LogP contribution in [0.5, 0.6) is 11.5 Å². The van der Waals surface area contributed by atoms with Crippen molar-refractivity contribution in [2.75, 3.05) is 6.61 Å². The smallest absolute Gasteiger partial charge is 0.273 e. The maximum atomic E-state index is 12.2. The second-order valence-electron chi connectivity index (χ2n) is 7.02. The number of hydrogen-bond acceptors (Lipinski definition) is 6. The predicted octanol–water partition coefficient (Wildman–Crippen LogP) is 5.79. The van der Waals surface area contributed by atoms with Gasteiger partial charge < -0.3 is 9.47 Å². The summed E-state index contributed by atoms with van der Waals surface area (Å²) in [6, 6.07) is 17.5. The normalized spacial score (nSPS) is 10.8. The summed E-state index contributed by atoms with van der Waals surface area (Å²) in [7, 11) is 0. The topological polar surface area (TPSA) is 103 Å². The first-order valence-corrected chi connectivity index (χ1v) is 11.8. The number of ether oxygens (including phenoxy) is 2. The monoisotopic (exact) mass is 589 g/mol. The van der Waals surface area contributed by atoms with E-state index in [9.17, 15) is 14.9 Å². The first-order chi connectivity index (χ1) is 16.4. The van der Waals surface area contributed by atoms with Gasteiger partial charge in [-0.05, 0) is 52.7 Å². The highest BCUT2D eigenvalue weighted by molar-refractivity contribution is 9.10. The van der Waals surface area contributed by atoms with E-state index < -0.39 is 10.8 Å². The zero-order valence-electron chi connectivity index (χ0n) is 18.2. The van der Waals surface area contributed by atoms with Gasteiger partial charge in [-0.25, -0.2) is 5.43 Å². The highest BCUT2D eigenvalue weighted by atomic mass is 79.9. The fourth-order valence-corrected chi connectivity index (χ4v) is 3.69. The third-order valence-corrected chi connectivity index (χ3v) is 5.82. The third-order valence-electron chi connectivity index (χ3n) is 4.60. The van der Waals surface area contributed by atoms with Crippen molar-refractivity contribution < 1.29 is 19.2 Å². The van der Waals surface area contributed by atoms with Crippen LogP contribution in [0, 0.1) is 10.1 Å². The first kappa shape index (κ1) is 25.4. The van der Waals surface area contributed by atoms with E-state index >= 15 is 0 Å². The highest BCUT2D eigenvalue weighted by Gasteiger charge is 2.15. The number of nitro groups is 1. The van der Waals surface area contributed by atoms with Crippen LogP contribution in [0.3, 0.4) is 0 Å². The maximum Gasteiger partial charge on any atom is 0.273 e. The average Bonchev–Trinajstić information content (AvgIpc) is 2.81. The van der Waals surface area contributed by atoms with E-state index in [4.69, 9.17) is 9.47 Å². The largest absolute Gasteiger partial charge is 0.490 e. The molecule has 176 valence electrons. The lowest BCUT2D eigenvalue weighted by molar-refractivity contribution is -0.385. The number of carbonyl (C=O) groups excluding carboxylic acids is 1. The molecule has 3 aromatic carbocycles. The summed E-state index contributed by atoms with van der Waals surface area (Å²) in [6.45, 7) is 2.69. The molecule has 0 saturated carbocycles. The van der Waals surface area contributed by atoms with Gasteiger partial charge in [0.05, 0.1) is 24.2 Å². The Kier molecular flexibility index (Phi) is 9.17. The van der Waals surface area contributed by atoms with E-state index in [1.807, 2.05) is 31.2 Å². The summed E-state index contributed by atoms with van der Waals surface area (Å²) >= 11 is 6.91. The van der Waals surface area contributed by atoms with Crippen molar-refractivity contribution in [3.8, 4) is 11.5 Å². The van der Waals surface area contributed by atoms with E-state index in [2.05, 4.69) is 42.4 Å². The number of nitro benzene ring substituents is 1. The van der Waals surface area contributed by atoms with Gasteiger partial charge in [0, 0.05) is 26.1 Å². The number of nitrogens with zero attached hydrogens (tertiary/aromatic N) is 2. The minimum Gasteiger partial charge on any atom is -0.490 e. The maximum absolute atomic E-state index is 12.2. The zero-order chi connectivity index (χ0) is 24.5. The Labute approximate surface area is 213 Å². The molecule has 0 bridgehead atoms. The highest BCUT2D eigenvalue weighted by Crippen LogP contribution is 2.34. The number of halogens is 2. The van der Waals surface area contributed by atoms with Crippen LogP contribution in [0.4, 0.5) is 5.69 Å². The number of benzene rings is 3. The van der Waals surface area contributed by atoms with Crippen LogP contribution in [-0.4, -0.2) is 23.7 Å². The quantitative estimate of drug-likeness (QED) is 0.183. The van der Waals surface area contributed by atoms with Crippen LogP contribution < -0.4 is 14.9 Å². The summed E-state index contributed by atoms with van der Waals surface area (Å²) in [5.41, 5.74) is 4.27. The molecule has 34 heavy (non-hydrogen) atoms. The lowest BCUT2D eigenvalue weighted by Gasteiger charge is -2.14. The molecule has 0 fully saturated rings. The second kappa shape index (κ2) is 12.3. The van der Waals surface area contributed by atoms with Crippen molar-refractivity contribution in [1.29, 1.82) is 0 Å². The minimum absolute atomic E-state index is 0.107. The molecular formula is C24H21Br2N3O5. The molecule has 0 heterocycles. The van der Waals surface area contributed by atoms with Crippen molar-refractivity contribution in [1.82, 2.24) is 5.43 Å². The lowest BCUT2D eigenvalue weighted by Crippen LogP contribution is -2.20. The minimum atomic E-state index is -0.515. The van der Waals surface area contributed by atoms with Gasteiger partial charge in [-0.2, -0.15) is 5.10 Å². The molecule has 0 saturated heterocycles. The molecule has 0 aromatic heterocycles. The Balaban J connectivity index is 1.68. The molecule has 10 heteroatoms. The summed E-state index contributed by atoms with van der Waals surface area (Å²) in [4.78, 5) is 22.8. The predicted molar refractivity (Wildman–Crippen MR) is 136 cm³/mol. The van der Waals surface area contributed by atoms with Crippen LogP contribution >= 0.6 is 31.9 Å². The fraction of sp³-hybridized carbons (Fsp3) is 0.167. The number of carbonyl (C=O) groups is 1.